The van der Waals surface area contributed by atoms with Gasteiger partial charge in [-0.2, -0.15) is 0 Å². The molecule has 1 aliphatic heterocycles. The van der Waals surface area contributed by atoms with E-state index in [1.165, 1.54) is 23.3 Å². The second-order valence-corrected chi connectivity index (χ2v) is 6.55. The predicted molar refractivity (Wildman–Crippen MR) is 98.6 cm³/mol. The van der Waals surface area contributed by atoms with Gasteiger partial charge in [0.2, 0.25) is 5.91 Å². The molecule has 0 aliphatic carbocycles. The van der Waals surface area contributed by atoms with Crippen molar-refractivity contribution in [2.75, 3.05) is 19.6 Å². The van der Waals surface area contributed by atoms with Gasteiger partial charge in [-0.1, -0.05) is 36.4 Å². The monoisotopic (exact) mass is 348 g/mol. The Balaban J connectivity index is 1.46. The number of hydrogen-bond acceptors (Lipinski definition) is 3. The Bertz CT molecular complexity index is 933. The molecule has 26 heavy (non-hydrogen) atoms. The molecular weight excluding hydrogens is 328 g/mol. The fourth-order valence-corrected chi connectivity index (χ4v) is 3.36. The average Bonchev–Trinajstić information content (AvgIpc) is 3.14. The second-order valence-electron chi connectivity index (χ2n) is 6.55. The van der Waals surface area contributed by atoms with Gasteiger partial charge in [-0.15, -0.1) is 0 Å². The van der Waals surface area contributed by atoms with Gasteiger partial charge in [0.05, 0.1) is 11.8 Å². The summed E-state index contributed by atoms with van der Waals surface area (Å²) in [6, 6.07) is 16.1. The fourth-order valence-electron chi connectivity index (χ4n) is 3.36. The van der Waals surface area contributed by atoms with Gasteiger partial charge < -0.3 is 14.2 Å². The van der Waals surface area contributed by atoms with E-state index in [9.17, 15) is 9.59 Å². The largest absolute Gasteiger partial charge is 0.472 e. The molecule has 5 nitrogen and oxygen atoms in total. The lowest BCUT2D eigenvalue weighted by molar-refractivity contribution is -0.130. The number of amides is 2. The van der Waals surface area contributed by atoms with Crippen LogP contribution in [-0.2, 0) is 11.3 Å². The predicted octanol–water partition coefficient (Wildman–Crippen LogP) is 3.31. The number of carbonyl (C=O) groups is 2. The molecule has 2 aromatic carbocycles. The standard InChI is InChI=1S/C21H20N2O3/c24-20-7-9-22(21(25)19-8-12-26-15-19)10-11-23(20)14-16-5-6-17-3-1-2-4-18(17)13-16/h1-6,8,12-13,15H,7,9-11,14H2. The SMILES string of the molecule is O=C1CCN(C(=O)c2ccoc2)CCN1Cc1ccc2ccccc2c1. The Morgan fingerprint density at radius 3 is 2.65 bits per heavy atom. The zero-order chi connectivity index (χ0) is 17.9. The Morgan fingerprint density at radius 1 is 1.00 bits per heavy atom. The quantitative estimate of drug-likeness (QED) is 0.730. The Morgan fingerprint density at radius 2 is 1.85 bits per heavy atom. The smallest absolute Gasteiger partial charge is 0.257 e. The molecule has 5 heteroatoms. The minimum atomic E-state index is -0.0842. The first-order valence-electron chi connectivity index (χ1n) is 8.77. The molecule has 132 valence electrons. The molecule has 0 radical (unpaired) electrons. The van der Waals surface area contributed by atoms with Crippen LogP contribution < -0.4 is 0 Å². The Kier molecular flexibility index (Phi) is 4.44. The van der Waals surface area contributed by atoms with Crippen molar-refractivity contribution in [2.24, 2.45) is 0 Å². The van der Waals surface area contributed by atoms with E-state index in [0.717, 1.165) is 5.56 Å². The lowest BCUT2D eigenvalue weighted by atomic mass is 10.1. The van der Waals surface area contributed by atoms with E-state index in [1.807, 2.05) is 17.0 Å². The van der Waals surface area contributed by atoms with Gasteiger partial charge in [-0.05, 0) is 28.5 Å². The summed E-state index contributed by atoms with van der Waals surface area (Å²) >= 11 is 0. The van der Waals surface area contributed by atoms with E-state index in [2.05, 4.69) is 30.3 Å². The van der Waals surface area contributed by atoms with E-state index >= 15 is 0 Å². The van der Waals surface area contributed by atoms with Crippen molar-refractivity contribution in [3.63, 3.8) is 0 Å². The highest BCUT2D eigenvalue weighted by molar-refractivity contribution is 5.94. The van der Waals surface area contributed by atoms with Gasteiger partial charge in [0.25, 0.3) is 5.91 Å². The first-order valence-corrected chi connectivity index (χ1v) is 8.77. The third-order valence-electron chi connectivity index (χ3n) is 4.83. The summed E-state index contributed by atoms with van der Waals surface area (Å²) in [5.74, 6) is -0.000225. The van der Waals surface area contributed by atoms with Crippen molar-refractivity contribution >= 4 is 22.6 Å². The maximum Gasteiger partial charge on any atom is 0.257 e. The van der Waals surface area contributed by atoms with E-state index < -0.39 is 0 Å². The van der Waals surface area contributed by atoms with Crippen LogP contribution in [0.25, 0.3) is 10.8 Å². The first kappa shape index (κ1) is 16.4. The third-order valence-corrected chi connectivity index (χ3v) is 4.83. The number of carbonyl (C=O) groups excluding carboxylic acids is 2. The van der Waals surface area contributed by atoms with Crippen molar-refractivity contribution in [1.29, 1.82) is 0 Å². The first-order chi connectivity index (χ1) is 12.7. The fraction of sp³-hybridized carbons (Fsp3) is 0.238. The lowest BCUT2D eigenvalue weighted by Gasteiger charge is -2.22. The Labute approximate surface area is 151 Å². The van der Waals surface area contributed by atoms with Gasteiger partial charge in [0.15, 0.2) is 0 Å². The van der Waals surface area contributed by atoms with Crippen molar-refractivity contribution in [3.05, 3.63) is 72.2 Å². The van der Waals surface area contributed by atoms with Crippen LogP contribution in [0.2, 0.25) is 0 Å². The van der Waals surface area contributed by atoms with Crippen molar-refractivity contribution in [3.8, 4) is 0 Å². The van der Waals surface area contributed by atoms with Crippen LogP contribution in [0.4, 0.5) is 0 Å². The van der Waals surface area contributed by atoms with Crippen LogP contribution in [0, 0.1) is 0 Å². The molecule has 1 aliphatic rings. The topological polar surface area (TPSA) is 53.8 Å². The third kappa shape index (κ3) is 3.33. The van der Waals surface area contributed by atoms with Crippen molar-refractivity contribution in [1.82, 2.24) is 9.80 Å². The van der Waals surface area contributed by atoms with Crippen LogP contribution in [0.3, 0.4) is 0 Å². The maximum absolute atomic E-state index is 12.5. The van der Waals surface area contributed by atoms with E-state index in [4.69, 9.17) is 4.42 Å². The normalized spacial score (nSPS) is 15.3. The summed E-state index contributed by atoms with van der Waals surface area (Å²) in [6.45, 7) is 2.08. The maximum atomic E-state index is 12.5. The molecule has 1 aromatic heterocycles. The van der Waals surface area contributed by atoms with E-state index in [1.54, 1.807) is 11.0 Å². The highest BCUT2D eigenvalue weighted by atomic mass is 16.3. The van der Waals surface area contributed by atoms with Crippen LogP contribution in [0.5, 0.6) is 0 Å². The minimum absolute atomic E-state index is 0.0839. The van der Waals surface area contributed by atoms with Gasteiger partial charge in [0, 0.05) is 32.6 Å². The zero-order valence-electron chi connectivity index (χ0n) is 14.4. The molecular formula is C21H20N2O3. The average molecular weight is 348 g/mol. The lowest BCUT2D eigenvalue weighted by Crippen LogP contribution is -2.35. The number of benzene rings is 2. The highest BCUT2D eigenvalue weighted by Crippen LogP contribution is 2.18. The molecule has 2 heterocycles. The summed E-state index contributed by atoms with van der Waals surface area (Å²) in [5, 5.41) is 2.36. The number of furan rings is 1. The Hall–Kier alpha value is -3.08. The zero-order valence-corrected chi connectivity index (χ0v) is 14.4. The molecule has 0 spiro atoms. The number of nitrogens with zero attached hydrogens (tertiary/aromatic N) is 2. The molecule has 4 rings (SSSR count). The second kappa shape index (κ2) is 7.04. The van der Waals surface area contributed by atoms with Crippen molar-refractivity contribution in [2.45, 2.75) is 13.0 Å². The molecule has 1 fully saturated rings. The molecule has 3 aromatic rings. The van der Waals surface area contributed by atoms with Gasteiger partial charge in [-0.3, -0.25) is 9.59 Å². The van der Waals surface area contributed by atoms with Crippen LogP contribution >= 0.6 is 0 Å². The summed E-state index contributed by atoms with van der Waals surface area (Å²) in [4.78, 5) is 28.5. The molecule has 1 saturated heterocycles. The van der Waals surface area contributed by atoms with Crippen molar-refractivity contribution < 1.29 is 14.0 Å². The van der Waals surface area contributed by atoms with Gasteiger partial charge in [0.1, 0.15) is 6.26 Å². The molecule has 0 N–H and O–H groups in total. The summed E-state index contributed by atoms with van der Waals surface area (Å²) in [5.41, 5.74) is 1.63. The van der Waals surface area contributed by atoms with Gasteiger partial charge >= 0.3 is 0 Å². The minimum Gasteiger partial charge on any atom is -0.472 e. The van der Waals surface area contributed by atoms with E-state index in [-0.39, 0.29) is 11.8 Å². The molecule has 0 bridgehead atoms. The molecule has 0 saturated carbocycles. The number of fused-ring (bicyclic) bond motifs is 1. The number of hydrogen-bond donors (Lipinski definition) is 0. The van der Waals surface area contributed by atoms with E-state index in [0.29, 0.717) is 38.2 Å². The highest BCUT2D eigenvalue weighted by Gasteiger charge is 2.25. The van der Waals surface area contributed by atoms with Gasteiger partial charge in [-0.25, -0.2) is 0 Å². The summed E-state index contributed by atoms with van der Waals surface area (Å²) in [7, 11) is 0. The molecule has 2 amide bonds. The number of rotatable bonds is 3. The van der Waals surface area contributed by atoms with Crippen LogP contribution in [0.1, 0.15) is 22.3 Å². The molecule has 0 atom stereocenters. The molecule has 0 unspecified atom stereocenters. The summed E-state index contributed by atoms with van der Waals surface area (Å²) in [6.07, 6.45) is 3.28. The van der Waals surface area contributed by atoms with Crippen LogP contribution in [-0.4, -0.2) is 41.2 Å². The summed E-state index contributed by atoms with van der Waals surface area (Å²) < 4.78 is 4.99. The van der Waals surface area contributed by atoms with Crippen LogP contribution in [0.15, 0.2) is 65.5 Å².